The van der Waals surface area contributed by atoms with Gasteiger partial charge in [-0.3, -0.25) is 0 Å². The molecule has 2 heterocycles. The summed E-state index contributed by atoms with van der Waals surface area (Å²) >= 11 is 0. The number of pyridine rings is 1. The van der Waals surface area contributed by atoms with Gasteiger partial charge in [0.05, 0.1) is 5.57 Å². The predicted molar refractivity (Wildman–Crippen MR) is 126 cm³/mol. The zero-order valence-corrected chi connectivity index (χ0v) is 17.6. The molecule has 0 bridgehead atoms. The van der Waals surface area contributed by atoms with E-state index in [9.17, 15) is 0 Å². The van der Waals surface area contributed by atoms with Gasteiger partial charge >= 0.3 is 0 Å². The minimum absolute atomic E-state index is 0.835. The molecular formula is C28H24NO+. The van der Waals surface area contributed by atoms with Gasteiger partial charge in [-0.1, -0.05) is 36.9 Å². The molecule has 0 saturated carbocycles. The van der Waals surface area contributed by atoms with Gasteiger partial charge in [-0.15, -0.1) is 0 Å². The van der Waals surface area contributed by atoms with E-state index in [0.717, 1.165) is 38.4 Å². The molecule has 0 radical (unpaired) electrons. The maximum absolute atomic E-state index is 6.46. The fourth-order valence-corrected chi connectivity index (χ4v) is 4.21. The van der Waals surface area contributed by atoms with Crippen molar-refractivity contribution >= 4 is 44.7 Å². The quantitative estimate of drug-likeness (QED) is 0.301. The summed E-state index contributed by atoms with van der Waals surface area (Å²) in [5.41, 5.74) is 5.06. The van der Waals surface area contributed by atoms with Crippen LogP contribution in [0.5, 0.6) is 0 Å². The third-order valence-electron chi connectivity index (χ3n) is 5.98. The summed E-state index contributed by atoms with van der Waals surface area (Å²) in [5, 5.41) is 6.85. The van der Waals surface area contributed by atoms with Crippen LogP contribution in [0.25, 0.3) is 44.7 Å². The number of hydrogen-bond acceptors (Lipinski definition) is 1. The maximum atomic E-state index is 6.46. The number of nitrogens with zero attached hydrogens (tertiary/aromatic N) is 1. The van der Waals surface area contributed by atoms with Crippen LogP contribution in [0.4, 0.5) is 0 Å². The van der Waals surface area contributed by atoms with E-state index in [4.69, 9.17) is 4.42 Å². The Morgan fingerprint density at radius 2 is 1.57 bits per heavy atom. The first kappa shape index (κ1) is 18.4. The fraction of sp³-hybridized carbons (Fsp3) is 0.107. The topological polar surface area (TPSA) is 17.0 Å². The van der Waals surface area contributed by atoms with Crippen molar-refractivity contribution in [1.29, 1.82) is 0 Å². The first-order valence-corrected chi connectivity index (χ1v) is 10.2. The van der Waals surface area contributed by atoms with E-state index in [0.29, 0.717) is 0 Å². The maximum Gasteiger partial charge on any atom is 0.216 e. The standard InChI is InChI=1S/C28H24NO/c1-5-18(2)27(25-12-8-9-13-29(25)4)28-19(3)24-16-22-14-20-10-6-7-11-21(20)15-23(22)17-26(24)30-28/h5-17H,3H2,1-2,4H3/q+1/b18-5-,28-27-. The molecule has 0 amide bonds. The van der Waals surface area contributed by atoms with Crippen LogP contribution in [0.1, 0.15) is 19.5 Å². The normalized spacial score (nSPS) is 13.4. The van der Waals surface area contributed by atoms with E-state index in [1.54, 1.807) is 0 Å². The van der Waals surface area contributed by atoms with Crippen LogP contribution in [-0.4, -0.2) is 0 Å². The molecule has 0 fully saturated rings. The number of benzene rings is 3. The first-order valence-electron chi connectivity index (χ1n) is 10.2. The zero-order valence-electron chi connectivity index (χ0n) is 17.6. The van der Waals surface area contributed by atoms with Gasteiger partial charge in [-0.2, -0.15) is 0 Å². The predicted octanol–water partition coefficient (Wildman–Crippen LogP) is 5.14. The number of aromatic nitrogens is 1. The highest BCUT2D eigenvalue weighted by Gasteiger charge is 2.18. The lowest BCUT2D eigenvalue weighted by molar-refractivity contribution is -0.673. The SMILES string of the molecule is C=c1/c(=C(\C(C)=C/C)c2cccc[n+]2C)oc2cc3cc4ccccc4cc3cc12. The Hall–Kier alpha value is -3.65. The first-order chi connectivity index (χ1) is 14.6. The Morgan fingerprint density at radius 1 is 0.900 bits per heavy atom. The summed E-state index contributed by atoms with van der Waals surface area (Å²) in [5.74, 6) is 0. The summed E-state index contributed by atoms with van der Waals surface area (Å²) in [4.78, 5) is 0. The van der Waals surface area contributed by atoms with Crippen molar-refractivity contribution in [2.24, 2.45) is 7.05 Å². The van der Waals surface area contributed by atoms with Gasteiger partial charge in [0, 0.05) is 22.7 Å². The van der Waals surface area contributed by atoms with Gasteiger partial charge in [-0.25, -0.2) is 4.57 Å². The number of fused-ring (bicyclic) bond motifs is 3. The van der Waals surface area contributed by atoms with Crippen molar-refractivity contribution in [3.8, 4) is 0 Å². The van der Waals surface area contributed by atoms with Crippen LogP contribution in [0.2, 0.25) is 0 Å². The van der Waals surface area contributed by atoms with E-state index in [1.165, 1.54) is 21.5 Å². The molecule has 0 atom stereocenters. The summed E-state index contributed by atoms with van der Waals surface area (Å²) in [6, 6.07) is 23.5. The Labute approximate surface area is 175 Å². The van der Waals surface area contributed by atoms with Gasteiger partial charge in [0.2, 0.25) is 5.69 Å². The van der Waals surface area contributed by atoms with Gasteiger partial charge in [0.25, 0.3) is 0 Å². The molecule has 5 aromatic rings. The molecule has 0 N–H and O–H groups in total. The second-order valence-electron chi connectivity index (χ2n) is 7.85. The average Bonchev–Trinajstić information content (AvgIpc) is 3.07. The molecule has 0 unspecified atom stereocenters. The second-order valence-corrected chi connectivity index (χ2v) is 7.85. The van der Waals surface area contributed by atoms with Crippen LogP contribution >= 0.6 is 0 Å². The van der Waals surface area contributed by atoms with Crippen LogP contribution in [0.15, 0.2) is 89.0 Å². The molecule has 0 aliphatic rings. The molecule has 2 heteroatoms. The van der Waals surface area contributed by atoms with Crippen molar-refractivity contribution < 1.29 is 8.98 Å². The van der Waals surface area contributed by atoms with E-state index in [-0.39, 0.29) is 0 Å². The molecule has 0 saturated heterocycles. The molecular weight excluding hydrogens is 366 g/mol. The van der Waals surface area contributed by atoms with Crippen molar-refractivity contribution in [2.45, 2.75) is 13.8 Å². The van der Waals surface area contributed by atoms with Crippen molar-refractivity contribution in [3.05, 3.63) is 101 Å². The highest BCUT2D eigenvalue weighted by atomic mass is 16.3. The monoisotopic (exact) mass is 390 g/mol. The second kappa shape index (κ2) is 7.00. The van der Waals surface area contributed by atoms with E-state index in [1.807, 2.05) is 6.07 Å². The Kier molecular flexibility index (Phi) is 4.29. The van der Waals surface area contributed by atoms with E-state index < -0.39 is 0 Å². The number of furan rings is 1. The molecule has 146 valence electrons. The summed E-state index contributed by atoms with van der Waals surface area (Å²) < 4.78 is 8.58. The van der Waals surface area contributed by atoms with Crippen LogP contribution in [0, 0.1) is 0 Å². The lowest BCUT2D eigenvalue weighted by Crippen LogP contribution is -2.35. The molecule has 0 aliphatic heterocycles. The Bertz CT molecular complexity index is 1580. The van der Waals surface area contributed by atoms with Crippen molar-refractivity contribution in [3.63, 3.8) is 0 Å². The molecule has 2 aromatic heterocycles. The highest BCUT2D eigenvalue weighted by molar-refractivity contribution is 6.03. The molecule has 2 nitrogen and oxygen atoms in total. The summed E-state index contributed by atoms with van der Waals surface area (Å²) in [6.45, 7) is 8.60. The van der Waals surface area contributed by atoms with Crippen molar-refractivity contribution in [1.82, 2.24) is 0 Å². The Morgan fingerprint density at radius 3 is 2.23 bits per heavy atom. The molecule has 0 aliphatic carbocycles. The van der Waals surface area contributed by atoms with Gasteiger partial charge in [-0.05, 0) is 71.3 Å². The minimum atomic E-state index is 0.835. The van der Waals surface area contributed by atoms with Crippen LogP contribution < -0.4 is 15.2 Å². The largest absolute Gasteiger partial charge is 0.455 e. The van der Waals surface area contributed by atoms with Gasteiger partial charge < -0.3 is 4.42 Å². The smallest absolute Gasteiger partial charge is 0.216 e. The molecule has 3 aromatic carbocycles. The third kappa shape index (κ3) is 2.84. The summed E-state index contributed by atoms with van der Waals surface area (Å²) in [7, 11) is 2.06. The van der Waals surface area contributed by atoms with Gasteiger partial charge in [0.1, 0.15) is 18.0 Å². The number of hydrogen-bond donors (Lipinski definition) is 0. The van der Waals surface area contributed by atoms with E-state index >= 15 is 0 Å². The number of allylic oxidation sites excluding steroid dienone is 2. The van der Waals surface area contributed by atoms with Gasteiger partial charge in [0.15, 0.2) is 6.20 Å². The summed E-state index contributed by atoms with van der Waals surface area (Å²) in [6.07, 6.45) is 4.18. The lowest BCUT2D eigenvalue weighted by Gasteiger charge is -2.04. The third-order valence-corrected chi connectivity index (χ3v) is 5.98. The lowest BCUT2D eigenvalue weighted by atomic mass is 10.0. The highest BCUT2D eigenvalue weighted by Crippen LogP contribution is 2.26. The molecule has 0 spiro atoms. The van der Waals surface area contributed by atoms with Crippen molar-refractivity contribution in [2.75, 3.05) is 0 Å². The van der Waals surface area contributed by atoms with Crippen LogP contribution in [0.3, 0.4) is 0 Å². The average molecular weight is 391 g/mol. The molecule has 5 rings (SSSR count). The number of rotatable bonds is 2. The van der Waals surface area contributed by atoms with E-state index in [2.05, 4.69) is 105 Å². The van der Waals surface area contributed by atoms with Crippen LogP contribution in [-0.2, 0) is 7.05 Å². The fourth-order valence-electron chi connectivity index (χ4n) is 4.21. The zero-order chi connectivity index (χ0) is 20.8. The minimum Gasteiger partial charge on any atom is -0.455 e. The number of aryl methyl sites for hydroxylation is 1. The Balaban J connectivity index is 1.91. The molecule has 30 heavy (non-hydrogen) atoms.